The van der Waals surface area contributed by atoms with E-state index < -0.39 is 6.57 Å². The second-order valence-electron chi connectivity index (χ2n) is 1.42. The molecule has 0 aliphatic heterocycles. The lowest BCUT2D eigenvalue weighted by molar-refractivity contribution is 0.503. The van der Waals surface area contributed by atoms with Crippen molar-refractivity contribution in [1.29, 1.82) is 0 Å². The molecule has 0 aromatic heterocycles. The maximum Gasteiger partial charge on any atom is 0.252 e. The van der Waals surface area contributed by atoms with Crippen LogP contribution in [-0.2, 0) is 4.57 Å². The maximum atomic E-state index is 10.4. The maximum absolute atomic E-state index is 10.4. The zero-order chi connectivity index (χ0) is 6.62. The van der Waals surface area contributed by atoms with E-state index in [2.05, 4.69) is 0 Å². The van der Waals surface area contributed by atoms with E-state index in [4.69, 9.17) is 10.6 Å². The SMILES string of the molecule is CP(=O)(O)SCCN. The first-order valence-electron chi connectivity index (χ1n) is 2.21. The lowest BCUT2D eigenvalue weighted by Crippen LogP contribution is -2.00. The number of rotatable bonds is 3. The quantitative estimate of drug-likeness (QED) is 0.582. The average Bonchev–Trinajstić information content (AvgIpc) is 1.59. The molecule has 0 fully saturated rings. The fourth-order valence-electron chi connectivity index (χ4n) is 0.222. The van der Waals surface area contributed by atoms with Crippen LogP contribution >= 0.6 is 18.0 Å². The van der Waals surface area contributed by atoms with E-state index in [0.717, 1.165) is 11.4 Å². The number of hydrogen-bond donors (Lipinski definition) is 2. The van der Waals surface area contributed by atoms with Crippen LogP contribution in [0.3, 0.4) is 0 Å². The minimum absolute atomic E-state index is 0.461. The van der Waals surface area contributed by atoms with Crippen molar-refractivity contribution >= 4 is 18.0 Å². The summed E-state index contributed by atoms with van der Waals surface area (Å²) in [6.07, 6.45) is 0. The molecule has 0 aromatic rings. The van der Waals surface area contributed by atoms with Crippen LogP contribution in [0.25, 0.3) is 0 Å². The monoisotopic (exact) mass is 155 g/mol. The lowest BCUT2D eigenvalue weighted by atomic mass is 10.8. The summed E-state index contributed by atoms with van der Waals surface area (Å²) in [6.45, 7) is -1.07. The van der Waals surface area contributed by atoms with Crippen LogP contribution in [0, 0.1) is 0 Å². The molecule has 1 unspecified atom stereocenters. The summed E-state index contributed by atoms with van der Waals surface area (Å²) in [4.78, 5) is 8.61. The molecule has 0 aromatic carbocycles. The van der Waals surface area contributed by atoms with Crippen LogP contribution in [0.2, 0.25) is 0 Å². The summed E-state index contributed by atoms with van der Waals surface area (Å²) in [5, 5.41) is 0. The molecule has 3 nitrogen and oxygen atoms in total. The van der Waals surface area contributed by atoms with Gasteiger partial charge in [0.15, 0.2) is 0 Å². The molecule has 50 valence electrons. The van der Waals surface area contributed by atoms with Gasteiger partial charge in [0, 0.05) is 19.0 Å². The Labute approximate surface area is 52.9 Å². The normalized spacial score (nSPS) is 17.9. The van der Waals surface area contributed by atoms with Crippen molar-refractivity contribution in [3.8, 4) is 0 Å². The third-order valence-corrected chi connectivity index (χ3v) is 3.33. The summed E-state index contributed by atoms with van der Waals surface area (Å²) in [5.74, 6) is 0.560. The van der Waals surface area contributed by atoms with Crippen molar-refractivity contribution in [1.82, 2.24) is 0 Å². The van der Waals surface area contributed by atoms with E-state index in [1.807, 2.05) is 0 Å². The average molecular weight is 155 g/mol. The Morgan fingerprint density at radius 2 is 2.38 bits per heavy atom. The van der Waals surface area contributed by atoms with Gasteiger partial charge in [-0.1, -0.05) is 11.4 Å². The predicted octanol–water partition coefficient (Wildman–Crippen LogP) is 0.493. The van der Waals surface area contributed by atoms with Crippen LogP contribution in [0.4, 0.5) is 0 Å². The molecule has 0 aliphatic rings. The highest BCUT2D eigenvalue weighted by Crippen LogP contribution is 2.50. The van der Waals surface area contributed by atoms with E-state index >= 15 is 0 Å². The first-order valence-corrected chi connectivity index (χ1v) is 5.91. The second kappa shape index (κ2) is 3.51. The van der Waals surface area contributed by atoms with Gasteiger partial charge in [0.1, 0.15) is 0 Å². The van der Waals surface area contributed by atoms with Crippen molar-refractivity contribution in [2.75, 3.05) is 19.0 Å². The Morgan fingerprint density at radius 1 is 1.88 bits per heavy atom. The third kappa shape index (κ3) is 6.50. The van der Waals surface area contributed by atoms with Crippen LogP contribution in [0.5, 0.6) is 0 Å². The highest BCUT2D eigenvalue weighted by atomic mass is 32.7. The topological polar surface area (TPSA) is 63.3 Å². The number of hydrogen-bond acceptors (Lipinski definition) is 3. The number of nitrogens with two attached hydrogens (primary N) is 1. The molecule has 0 rings (SSSR count). The summed E-state index contributed by atoms with van der Waals surface area (Å²) in [7, 11) is 0. The Kier molecular flexibility index (Phi) is 3.73. The van der Waals surface area contributed by atoms with E-state index in [0.29, 0.717) is 12.3 Å². The zero-order valence-electron chi connectivity index (χ0n) is 4.70. The molecule has 0 aliphatic carbocycles. The van der Waals surface area contributed by atoms with Crippen LogP contribution in [0.15, 0.2) is 0 Å². The van der Waals surface area contributed by atoms with Gasteiger partial charge in [0.25, 0.3) is 6.57 Å². The van der Waals surface area contributed by atoms with Gasteiger partial charge in [0.2, 0.25) is 0 Å². The molecule has 0 amide bonds. The van der Waals surface area contributed by atoms with Gasteiger partial charge < -0.3 is 10.6 Å². The molecular weight excluding hydrogens is 145 g/mol. The smallest absolute Gasteiger partial charge is 0.252 e. The molecule has 1 atom stereocenters. The van der Waals surface area contributed by atoms with Crippen molar-refractivity contribution < 1.29 is 9.46 Å². The zero-order valence-corrected chi connectivity index (χ0v) is 6.41. The lowest BCUT2D eigenvalue weighted by Gasteiger charge is -2.00. The van der Waals surface area contributed by atoms with Gasteiger partial charge >= 0.3 is 0 Å². The molecule has 8 heavy (non-hydrogen) atoms. The Morgan fingerprint density at radius 3 is 2.50 bits per heavy atom. The fourth-order valence-corrected chi connectivity index (χ4v) is 2.00. The van der Waals surface area contributed by atoms with Crippen LogP contribution in [0.1, 0.15) is 0 Å². The largest absolute Gasteiger partial charge is 0.337 e. The second-order valence-corrected chi connectivity index (χ2v) is 6.50. The van der Waals surface area contributed by atoms with Gasteiger partial charge in [-0.3, -0.25) is 4.57 Å². The highest BCUT2D eigenvalue weighted by molar-refractivity contribution is 8.56. The molecule has 0 bridgehead atoms. The minimum Gasteiger partial charge on any atom is -0.337 e. The molecule has 5 heteroatoms. The molecule has 0 saturated heterocycles. The molecule has 0 radical (unpaired) electrons. The third-order valence-electron chi connectivity index (χ3n) is 0.449. The predicted molar refractivity (Wildman–Crippen MR) is 37.3 cm³/mol. The Balaban J connectivity index is 3.26. The van der Waals surface area contributed by atoms with Gasteiger partial charge in [-0.2, -0.15) is 0 Å². The van der Waals surface area contributed by atoms with Crippen molar-refractivity contribution in [2.24, 2.45) is 5.73 Å². The highest BCUT2D eigenvalue weighted by Gasteiger charge is 2.07. The van der Waals surface area contributed by atoms with Gasteiger partial charge in [-0.15, -0.1) is 0 Å². The summed E-state index contributed by atoms with van der Waals surface area (Å²) >= 11 is 1.02. The molecule has 0 saturated carbocycles. The Hall–Kier alpha value is 0.500. The van der Waals surface area contributed by atoms with Crippen LogP contribution < -0.4 is 5.73 Å². The summed E-state index contributed by atoms with van der Waals surface area (Å²) in [6, 6.07) is 0. The van der Waals surface area contributed by atoms with E-state index in [-0.39, 0.29) is 0 Å². The standard InChI is InChI=1S/C3H10NO2PS/c1-7(5,6)8-3-2-4/h2-4H2,1H3,(H,5,6). The first-order chi connectivity index (χ1) is 3.56. The molecular formula is C3H10NO2PS. The Bertz CT molecular complexity index is 101. The summed E-state index contributed by atoms with van der Waals surface area (Å²) in [5.41, 5.74) is 5.08. The molecule has 0 spiro atoms. The van der Waals surface area contributed by atoms with E-state index in [9.17, 15) is 4.57 Å². The van der Waals surface area contributed by atoms with Crippen molar-refractivity contribution in [3.63, 3.8) is 0 Å². The van der Waals surface area contributed by atoms with Gasteiger partial charge in [-0.25, -0.2) is 0 Å². The van der Waals surface area contributed by atoms with Crippen molar-refractivity contribution in [2.45, 2.75) is 0 Å². The minimum atomic E-state index is -2.85. The van der Waals surface area contributed by atoms with Gasteiger partial charge in [-0.05, 0) is 0 Å². The first kappa shape index (κ1) is 8.50. The molecule has 3 N–H and O–H groups in total. The van der Waals surface area contributed by atoms with E-state index in [1.165, 1.54) is 6.66 Å². The van der Waals surface area contributed by atoms with Crippen molar-refractivity contribution in [3.05, 3.63) is 0 Å². The van der Waals surface area contributed by atoms with Crippen LogP contribution in [-0.4, -0.2) is 23.9 Å². The molecule has 0 heterocycles. The van der Waals surface area contributed by atoms with E-state index in [1.54, 1.807) is 0 Å². The van der Waals surface area contributed by atoms with Gasteiger partial charge in [0.05, 0.1) is 0 Å². The summed E-state index contributed by atoms with van der Waals surface area (Å²) < 4.78 is 10.4. The fraction of sp³-hybridized carbons (Fsp3) is 1.00.